The van der Waals surface area contributed by atoms with Gasteiger partial charge in [-0.3, -0.25) is 4.79 Å². The topological polar surface area (TPSA) is 54.9 Å². The van der Waals surface area contributed by atoms with Crippen LogP contribution in [0.5, 0.6) is 0 Å². The Balaban J connectivity index is 2.21. The van der Waals surface area contributed by atoms with Crippen LogP contribution < -0.4 is 5.32 Å². The van der Waals surface area contributed by atoms with Gasteiger partial charge in [0.05, 0.1) is 5.54 Å². The van der Waals surface area contributed by atoms with Gasteiger partial charge in [-0.2, -0.15) is 0 Å². The van der Waals surface area contributed by atoms with E-state index < -0.39 is 5.54 Å². The number of benzene rings is 1. The lowest BCUT2D eigenvalue weighted by Crippen LogP contribution is -2.45. The first-order valence-electron chi connectivity index (χ1n) is 5.37. The highest BCUT2D eigenvalue weighted by molar-refractivity contribution is 9.09. The fourth-order valence-electron chi connectivity index (χ4n) is 1.57. The van der Waals surface area contributed by atoms with Crippen LogP contribution in [0.1, 0.15) is 23.0 Å². The summed E-state index contributed by atoms with van der Waals surface area (Å²) in [4.78, 5) is 12.0. The van der Waals surface area contributed by atoms with Crippen molar-refractivity contribution in [2.45, 2.75) is 12.5 Å². The molecule has 1 aromatic heterocycles. The Bertz CT molecular complexity index is 517. The number of nitrogens with one attached hydrogen (secondary N) is 1. The molecule has 0 saturated heterocycles. The molecule has 0 aliphatic rings. The van der Waals surface area contributed by atoms with Crippen LogP contribution in [-0.4, -0.2) is 20.8 Å². The average Bonchev–Trinajstić information content (AvgIpc) is 2.93. The molecule has 18 heavy (non-hydrogen) atoms. The third-order valence-corrected chi connectivity index (χ3v) is 4.29. The van der Waals surface area contributed by atoms with E-state index in [9.17, 15) is 4.79 Å². The summed E-state index contributed by atoms with van der Waals surface area (Å²) in [5.74, 6) is -0.213. The molecule has 6 heteroatoms. The molecule has 1 amide bonds. The van der Waals surface area contributed by atoms with E-state index in [2.05, 4.69) is 30.8 Å². The molecular formula is C12H12BrN3OS. The molecule has 0 fully saturated rings. The molecule has 1 atom stereocenters. The maximum absolute atomic E-state index is 12.0. The van der Waals surface area contributed by atoms with Crippen molar-refractivity contribution in [2.75, 3.05) is 5.33 Å². The number of aromatic nitrogens is 2. The van der Waals surface area contributed by atoms with Gasteiger partial charge in [-0.05, 0) is 24.0 Å². The van der Waals surface area contributed by atoms with Crippen LogP contribution in [0.25, 0.3) is 0 Å². The third kappa shape index (κ3) is 2.76. The molecule has 4 nitrogen and oxygen atoms in total. The zero-order valence-corrected chi connectivity index (χ0v) is 12.2. The van der Waals surface area contributed by atoms with E-state index in [4.69, 9.17) is 0 Å². The van der Waals surface area contributed by atoms with Gasteiger partial charge in [0.2, 0.25) is 0 Å². The van der Waals surface area contributed by atoms with E-state index in [0.29, 0.717) is 11.0 Å². The van der Waals surface area contributed by atoms with Crippen LogP contribution >= 0.6 is 27.5 Å². The number of amides is 1. The highest BCUT2D eigenvalue weighted by atomic mass is 79.9. The average molecular weight is 326 g/mol. The molecular weight excluding hydrogens is 314 g/mol. The van der Waals surface area contributed by atoms with Crippen molar-refractivity contribution in [3.8, 4) is 0 Å². The number of nitrogens with zero attached hydrogens (tertiary/aromatic N) is 2. The summed E-state index contributed by atoms with van der Waals surface area (Å²) in [6, 6.07) is 9.82. The van der Waals surface area contributed by atoms with Crippen molar-refractivity contribution >= 4 is 33.4 Å². The first kappa shape index (κ1) is 13.2. The predicted molar refractivity (Wildman–Crippen MR) is 75.0 cm³/mol. The predicted octanol–water partition coefficient (Wildman–Crippen LogP) is 2.58. The molecule has 1 N–H and O–H groups in total. The van der Waals surface area contributed by atoms with Crippen LogP contribution in [0.2, 0.25) is 0 Å². The van der Waals surface area contributed by atoms with E-state index in [-0.39, 0.29) is 5.91 Å². The molecule has 1 aromatic carbocycles. The second-order valence-electron chi connectivity index (χ2n) is 4.08. The van der Waals surface area contributed by atoms with Crippen molar-refractivity contribution in [2.24, 2.45) is 0 Å². The summed E-state index contributed by atoms with van der Waals surface area (Å²) >= 11 is 4.62. The minimum Gasteiger partial charge on any atom is -0.341 e. The van der Waals surface area contributed by atoms with Crippen molar-refractivity contribution in [1.29, 1.82) is 0 Å². The Morgan fingerprint density at radius 1 is 1.44 bits per heavy atom. The van der Waals surface area contributed by atoms with Gasteiger partial charge in [0, 0.05) is 10.7 Å². The summed E-state index contributed by atoms with van der Waals surface area (Å²) < 4.78 is 3.69. The smallest absolute Gasteiger partial charge is 0.273 e. The van der Waals surface area contributed by atoms with E-state index in [1.165, 1.54) is 0 Å². The van der Waals surface area contributed by atoms with Gasteiger partial charge < -0.3 is 5.32 Å². The van der Waals surface area contributed by atoms with Gasteiger partial charge in [0.15, 0.2) is 5.69 Å². The standard InChI is InChI=1S/C12H12BrN3OS/c1-12(8-13,9-5-3-2-4-6-9)14-11(17)10-7-18-16-15-10/h2-7H,8H2,1H3,(H,14,17). The van der Waals surface area contributed by atoms with Crippen molar-refractivity contribution in [3.05, 3.63) is 47.0 Å². The lowest BCUT2D eigenvalue weighted by Gasteiger charge is -2.29. The zero-order chi connectivity index (χ0) is 13.0. The van der Waals surface area contributed by atoms with E-state index in [1.807, 2.05) is 37.3 Å². The molecule has 1 unspecified atom stereocenters. The summed E-state index contributed by atoms with van der Waals surface area (Å²) in [5.41, 5.74) is 0.920. The second kappa shape index (κ2) is 5.58. The van der Waals surface area contributed by atoms with E-state index in [0.717, 1.165) is 17.1 Å². The molecule has 0 saturated carbocycles. The second-order valence-corrected chi connectivity index (χ2v) is 5.25. The number of hydrogen-bond acceptors (Lipinski definition) is 4. The zero-order valence-electron chi connectivity index (χ0n) is 9.76. The van der Waals surface area contributed by atoms with Crippen LogP contribution in [-0.2, 0) is 5.54 Å². The number of alkyl halides is 1. The first-order valence-corrected chi connectivity index (χ1v) is 7.32. The first-order chi connectivity index (χ1) is 8.65. The fourth-order valence-corrected chi connectivity index (χ4v) is 2.47. The lowest BCUT2D eigenvalue weighted by atomic mass is 9.94. The Morgan fingerprint density at radius 3 is 2.72 bits per heavy atom. The SMILES string of the molecule is CC(CBr)(NC(=O)c1csnn1)c1ccccc1. The highest BCUT2D eigenvalue weighted by Crippen LogP contribution is 2.23. The largest absolute Gasteiger partial charge is 0.341 e. The molecule has 0 aliphatic heterocycles. The molecule has 0 radical (unpaired) electrons. The number of hydrogen-bond donors (Lipinski definition) is 1. The lowest BCUT2D eigenvalue weighted by molar-refractivity contribution is 0.0909. The van der Waals surface area contributed by atoms with E-state index in [1.54, 1.807) is 5.38 Å². The van der Waals surface area contributed by atoms with Gasteiger partial charge in [-0.1, -0.05) is 50.8 Å². The molecule has 2 rings (SSSR count). The number of rotatable bonds is 4. The number of halogens is 1. The van der Waals surface area contributed by atoms with Gasteiger partial charge in [0.25, 0.3) is 5.91 Å². The monoisotopic (exact) mass is 325 g/mol. The van der Waals surface area contributed by atoms with Crippen LogP contribution in [0.3, 0.4) is 0 Å². The minimum absolute atomic E-state index is 0.213. The number of carbonyl (C=O) groups excluding carboxylic acids is 1. The molecule has 94 valence electrons. The maximum Gasteiger partial charge on any atom is 0.273 e. The van der Waals surface area contributed by atoms with Gasteiger partial charge in [-0.15, -0.1) is 5.10 Å². The fraction of sp³-hybridized carbons (Fsp3) is 0.250. The summed E-state index contributed by atoms with van der Waals surface area (Å²) in [5, 5.41) is 9.00. The molecule has 0 bridgehead atoms. The Labute approximate surface area is 118 Å². The Hall–Kier alpha value is -1.27. The molecule has 0 spiro atoms. The van der Waals surface area contributed by atoms with Crippen LogP contribution in [0.4, 0.5) is 0 Å². The highest BCUT2D eigenvalue weighted by Gasteiger charge is 2.28. The Kier molecular flexibility index (Phi) is 4.08. The van der Waals surface area contributed by atoms with Gasteiger partial charge >= 0.3 is 0 Å². The summed E-state index contributed by atoms with van der Waals surface area (Å²) in [6.45, 7) is 1.97. The minimum atomic E-state index is -0.470. The van der Waals surface area contributed by atoms with Gasteiger partial charge in [0.1, 0.15) is 0 Å². The van der Waals surface area contributed by atoms with Crippen molar-refractivity contribution < 1.29 is 4.79 Å². The van der Waals surface area contributed by atoms with E-state index >= 15 is 0 Å². The molecule has 2 aromatic rings. The quantitative estimate of drug-likeness (QED) is 0.879. The summed E-state index contributed by atoms with van der Waals surface area (Å²) in [7, 11) is 0. The molecule has 1 heterocycles. The number of carbonyl (C=O) groups is 1. The van der Waals surface area contributed by atoms with Crippen LogP contribution in [0, 0.1) is 0 Å². The third-order valence-electron chi connectivity index (χ3n) is 2.66. The summed E-state index contributed by atoms with van der Waals surface area (Å²) in [6.07, 6.45) is 0. The van der Waals surface area contributed by atoms with Crippen LogP contribution in [0.15, 0.2) is 35.7 Å². The van der Waals surface area contributed by atoms with Gasteiger partial charge in [-0.25, -0.2) is 0 Å². The van der Waals surface area contributed by atoms with Crippen molar-refractivity contribution in [3.63, 3.8) is 0 Å². The Morgan fingerprint density at radius 2 is 2.17 bits per heavy atom. The normalized spacial score (nSPS) is 13.9. The molecule has 0 aliphatic carbocycles. The maximum atomic E-state index is 12.0. The van der Waals surface area contributed by atoms with Crippen molar-refractivity contribution in [1.82, 2.24) is 14.9 Å².